The zero-order valence-corrected chi connectivity index (χ0v) is 11.6. The van der Waals surface area contributed by atoms with Gasteiger partial charge in [-0.25, -0.2) is 0 Å². The summed E-state index contributed by atoms with van der Waals surface area (Å²) in [6, 6.07) is 9.96. The zero-order valence-electron chi connectivity index (χ0n) is 11.6. The molecule has 0 spiro atoms. The minimum absolute atomic E-state index is 0.753. The van der Waals surface area contributed by atoms with Crippen LogP contribution in [0.25, 0.3) is 0 Å². The lowest BCUT2D eigenvalue weighted by Crippen LogP contribution is -2.08. The molecule has 0 aliphatic carbocycles. The number of anilines is 1. The third-order valence-electron chi connectivity index (χ3n) is 2.72. The van der Waals surface area contributed by atoms with Gasteiger partial charge in [-0.1, -0.05) is 6.07 Å². The summed E-state index contributed by atoms with van der Waals surface area (Å²) in [4.78, 5) is 6.23. The van der Waals surface area contributed by atoms with E-state index in [2.05, 4.69) is 10.3 Å². The van der Waals surface area contributed by atoms with Crippen molar-refractivity contribution in [3.63, 3.8) is 0 Å². The molecule has 0 amide bonds. The molecule has 4 nitrogen and oxygen atoms in total. The highest BCUT2D eigenvalue weighted by Crippen LogP contribution is 2.25. The molecular formula is C15H19N3O. The van der Waals surface area contributed by atoms with Crippen LogP contribution in [0.5, 0.6) is 11.5 Å². The van der Waals surface area contributed by atoms with E-state index in [1.54, 1.807) is 6.20 Å². The van der Waals surface area contributed by atoms with Gasteiger partial charge in [0.15, 0.2) is 0 Å². The van der Waals surface area contributed by atoms with Gasteiger partial charge in [-0.2, -0.15) is 0 Å². The van der Waals surface area contributed by atoms with Gasteiger partial charge in [-0.15, -0.1) is 0 Å². The average molecular weight is 257 g/mol. The van der Waals surface area contributed by atoms with Crippen LogP contribution in [0.2, 0.25) is 0 Å². The van der Waals surface area contributed by atoms with E-state index in [0.717, 1.165) is 29.3 Å². The fourth-order valence-corrected chi connectivity index (χ4v) is 1.78. The first kappa shape index (κ1) is 13.4. The van der Waals surface area contributed by atoms with Crippen molar-refractivity contribution in [3.05, 3.63) is 48.3 Å². The third-order valence-corrected chi connectivity index (χ3v) is 2.72. The molecule has 0 unspecified atom stereocenters. The van der Waals surface area contributed by atoms with Crippen LogP contribution in [0, 0.1) is 0 Å². The van der Waals surface area contributed by atoms with E-state index >= 15 is 0 Å². The Kier molecular flexibility index (Phi) is 4.36. The Bertz CT molecular complexity index is 540. The first-order valence-electron chi connectivity index (χ1n) is 6.23. The minimum atomic E-state index is 0.753. The van der Waals surface area contributed by atoms with Gasteiger partial charge in [0.1, 0.15) is 11.5 Å². The van der Waals surface area contributed by atoms with Crippen molar-refractivity contribution < 1.29 is 4.74 Å². The summed E-state index contributed by atoms with van der Waals surface area (Å²) in [5.41, 5.74) is 2.21. The van der Waals surface area contributed by atoms with Crippen molar-refractivity contribution in [1.29, 1.82) is 0 Å². The van der Waals surface area contributed by atoms with Crippen LogP contribution >= 0.6 is 0 Å². The number of nitrogens with zero attached hydrogens (tertiary/aromatic N) is 2. The SMILES string of the molecule is CNCc1cncc(Oc2cccc(N(C)C)c2)c1. The molecule has 1 heterocycles. The first-order valence-corrected chi connectivity index (χ1v) is 6.23. The number of benzene rings is 1. The Morgan fingerprint density at radius 3 is 2.74 bits per heavy atom. The Hall–Kier alpha value is -2.07. The molecule has 2 aromatic rings. The van der Waals surface area contributed by atoms with E-state index in [9.17, 15) is 0 Å². The third kappa shape index (κ3) is 3.69. The summed E-state index contributed by atoms with van der Waals surface area (Å²) in [6.45, 7) is 0.780. The smallest absolute Gasteiger partial charge is 0.146 e. The van der Waals surface area contributed by atoms with Crippen molar-refractivity contribution in [2.24, 2.45) is 0 Å². The maximum absolute atomic E-state index is 5.84. The monoisotopic (exact) mass is 257 g/mol. The van der Waals surface area contributed by atoms with Gasteiger partial charge in [-0.05, 0) is 30.8 Å². The highest BCUT2D eigenvalue weighted by Gasteiger charge is 2.02. The zero-order chi connectivity index (χ0) is 13.7. The lowest BCUT2D eigenvalue weighted by molar-refractivity contribution is 0.479. The lowest BCUT2D eigenvalue weighted by Gasteiger charge is -2.14. The molecule has 0 bridgehead atoms. The molecule has 1 N–H and O–H groups in total. The van der Waals surface area contributed by atoms with Crippen molar-refractivity contribution in [2.45, 2.75) is 6.54 Å². The molecule has 4 heteroatoms. The highest BCUT2D eigenvalue weighted by molar-refractivity contribution is 5.50. The van der Waals surface area contributed by atoms with Gasteiger partial charge in [-0.3, -0.25) is 4.98 Å². The molecule has 19 heavy (non-hydrogen) atoms. The fraction of sp³-hybridized carbons (Fsp3) is 0.267. The molecule has 0 saturated heterocycles. The summed E-state index contributed by atoms with van der Waals surface area (Å²) in [5, 5.41) is 3.10. The van der Waals surface area contributed by atoms with Gasteiger partial charge in [0.25, 0.3) is 0 Å². The predicted molar refractivity (Wildman–Crippen MR) is 77.8 cm³/mol. The van der Waals surface area contributed by atoms with Crippen molar-refractivity contribution in [1.82, 2.24) is 10.3 Å². The molecule has 0 saturated carbocycles. The van der Waals surface area contributed by atoms with Crippen molar-refractivity contribution in [2.75, 3.05) is 26.0 Å². The largest absolute Gasteiger partial charge is 0.456 e. The summed E-state index contributed by atoms with van der Waals surface area (Å²) >= 11 is 0. The molecule has 2 rings (SSSR count). The number of rotatable bonds is 5. The molecule has 0 fully saturated rings. The molecule has 0 radical (unpaired) electrons. The van der Waals surface area contributed by atoms with E-state index in [0.29, 0.717) is 0 Å². The van der Waals surface area contributed by atoms with Crippen LogP contribution in [-0.4, -0.2) is 26.1 Å². The molecule has 0 aliphatic heterocycles. The molecule has 0 atom stereocenters. The number of hydrogen-bond donors (Lipinski definition) is 1. The Morgan fingerprint density at radius 2 is 2.00 bits per heavy atom. The minimum Gasteiger partial charge on any atom is -0.456 e. The summed E-state index contributed by atoms with van der Waals surface area (Å²) in [5.74, 6) is 1.57. The van der Waals surface area contributed by atoms with Crippen molar-refractivity contribution in [3.8, 4) is 11.5 Å². The van der Waals surface area contributed by atoms with Gasteiger partial charge in [0.2, 0.25) is 0 Å². The topological polar surface area (TPSA) is 37.4 Å². The number of aromatic nitrogens is 1. The van der Waals surface area contributed by atoms with E-state index in [4.69, 9.17) is 4.74 Å². The normalized spacial score (nSPS) is 10.3. The molecule has 1 aromatic carbocycles. The van der Waals surface area contributed by atoms with Crippen LogP contribution in [-0.2, 0) is 6.54 Å². The Balaban J connectivity index is 2.16. The predicted octanol–water partition coefficient (Wildman–Crippen LogP) is 2.66. The second kappa shape index (κ2) is 6.20. The molecule has 100 valence electrons. The van der Waals surface area contributed by atoms with Gasteiger partial charge in [0.05, 0.1) is 6.20 Å². The molecule has 0 aliphatic rings. The molecular weight excluding hydrogens is 238 g/mol. The maximum atomic E-state index is 5.84. The van der Waals surface area contributed by atoms with E-state index in [-0.39, 0.29) is 0 Å². The maximum Gasteiger partial charge on any atom is 0.146 e. The van der Waals surface area contributed by atoms with Gasteiger partial charge < -0.3 is 15.0 Å². The van der Waals surface area contributed by atoms with Crippen molar-refractivity contribution >= 4 is 5.69 Å². The second-order valence-corrected chi connectivity index (χ2v) is 4.55. The van der Waals surface area contributed by atoms with Crippen LogP contribution < -0.4 is 15.0 Å². The van der Waals surface area contributed by atoms with E-state index < -0.39 is 0 Å². The average Bonchev–Trinajstić information content (AvgIpc) is 2.40. The van der Waals surface area contributed by atoms with E-state index in [1.165, 1.54) is 0 Å². The molecule has 1 aromatic heterocycles. The number of pyridine rings is 1. The van der Waals surface area contributed by atoms with Crippen LogP contribution in [0.3, 0.4) is 0 Å². The number of nitrogens with one attached hydrogen (secondary N) is 1. The van der Waals surface area contributed by atoms with Crippen LogP contribution in [0.4, 0.5) is 5.69 Å². The fourth-order valence-electron chi connectivity index (χ4n) is 1.78. The van der Waals surface area contributed by atoms with Gasteiger partial charge in [0, 0.05) is 38.6 Å². The van der Waals surface area contributed by atoms with Gasteiger partial charge >= 0.3 is 0 Å². The Morgan fingerprint density at radius 1 is 1.16 bits per heavy atom. The Labute approximate surface area is 114 Å². The summed E-state index contributed by atoms with van der Waals surface area (Å²) in [6.07, 6.45) is 3.56. The first-order chi connectivity index (χ1) is 9.19. The van der Waals surface area contributed by atoms with E-state index in [1.807, 2.05) is 62.6 Å². The second-order valence-electron chi connectivity index (χ2n) is 4.55. The quantitative estimate of drug-likeness (QED) is 0.893. The summed E-state index contributed by atoms with van der Waals surface area (Å²) in [7, 11) is 5.93. The van der Waals surface area contributed by atoms with Crippen LogP contribution in [0.1, 0.15) is 5.56 Å². The standard InChI is InChI=1S/C15H19N3O/c1-16-9-12-7-15(11-17-10-12)19-14-6-4-5-13(8-14)18(2)3/h4-8,10-11,16H,9H2,1-3H3. The van der Waals surface area contributed by atoms with Crippen LogP contribution in [0.15, 0.2) is 42.7 Å². The summed E-state index contributed by atoms with van der Waals surface area (Å²) < 4.78 is 5.84. The number of hydrogen-bond acceptors (Lipinski definition) is 4. The number of ether oxygens (including phenoxy) is 1. The highest BCUT2D eigenvalue weighted by atomic mass is 16.5. The lowest BCUT2D eigenvalue weighted by atomic mass is 10.2.